The molecule has 0 spiro atoms. The number of benzene rings is 1. The molecule has 1 heterocycles. The van der Waals surface area contributed by atoms with Gasteiger partial charge in [-0.3, -0.25) is 0 Å². The standard InChI is InChI=1S/C11H12BrN5/c1-7-4-8(12)2-3-9(7)16-10-5-11(17-13)15-6-14-10/h2-6H,13H2,1H3,(H2,14,15,16,17). The van der Waals surface area contributed by atoms with Gasteiger partial charge in [0.2, 0.25) is 0 Å². The quantitative estimate of drug-likeness (QED) is 0.599. The van der Waals surface area contributed by atoms with Gasteiger partial charge in [-0.2, -0.15) is 0 Å². The molecular formula is C11H12BrN5. The molecule has 6 heteroatoms. The Morgan fingerprint density at radius 2 is 1.94 bits per heavy atom. The lowest BCUT2D eigenvalue weighted by Crippen LogP contribution is -2.09. The lowest BCUT2D eigenvalue weighted by Gasteiger charge is -2.09. The Balaban J connectivity index is 2.25. The second-order valence-corrected chi connectivity index (χ2v) is 4.43. The number of hydrogen-bond acceptors (Lipinski definition) is 5. The van der Waals surface area contributed by atoms with Crippen LogP contribution in [0, 0.1) is 6.92 Å². The van der Waals surface area contributed by atoms with Crippen molar-refractivity contribution < 1.29 is 0 Å². The first-order chi connectivity index (χ1) is 8.19. The number of hydrogen-bond donors (Lipinski definition) is 3. The summed E-state index contributed by atoms with van der Waals surface area (Å²) in [7, 11) is 0. The van der Waals surface area contributed by atoms with E-state index in [4.69, 9.17) is 5.84 Å². The number of nitrogens with two attached hydrogens (primary N) is 1. The second-order valence-electron chi connectivity index (χ2n) is 3.52. The van der Waals surface area contributed by atoms with Crippen LogP contribution in [0.1, 0.15) is 5.56 Å². The van der Waals surface area contributed by atoms with Crippen LogP contribution >= 0.6 is 15.9 Å². The molecule has 2 rings (SSSR count). The van der Waals surface area contributed by atoms with Crippen LogP contribution < -0.4 is 16.6 Å². The number of hydrazine groups is 1. The van der Waals surface area contributed by atoms with Gasteiger partial charge in [-0.05, 0) is 30.7 Å². The van der Waals surface area contributed by atoms with Gasteiger partial charge in [-0.15, -0.1) is 0 Å². The van der Waals surface area contributed by atoms with E-state index in [2.05, 4.69) is 36.6 Å². The van der Waals surface area contributed by atoms with E-state index in [0.717, 1.165) is 15.7 Å². The molecule has 0 amide bonds. The van der Waals surface area contributed by atoms with Crippen molar-refractivity contribution in [3.63, 3.8) is 0 Å². The summed E-state index contributed by atoms with van der Waals surface area (Å²) in [5.41, 5.74) is 4.60. The highest BCUT2D eigenvalue weighted by atomic mass is 79.9. The fourth-order valence-electron chi connectivity index (χ4n) is 1.41. The van der Waals surface area contributed by atoms with Gasteiger partial charge in [0.15, 0.2) is 0 Å². The third-order valence-corrected chi connectivity index (χ3v) is 2.76. The van der Waals surface area contributed by atoms with Gasteiger partial charge < -0.3 is 10.7 Å². The highest BCUT2D eigenvalue weighted by Crippen LogP contribution is 2.23. The zero-order valence-electron chi connectivity index (χ0n) is 9.24. The number of aromatic nitrogens is 2. The molecule has 0 bridgehead atoms. The number of anilines is 3. The predicted octanol–water partition coefficient (Wildman–Crippen LogP) is 2.58. The molecule has 1 aromatic heterocycles. The molecule has 0 fully saturated rings. The first-order valence-electron chi connectivity index (χ1n) is 5.01. The van der Waals surface area contributed by atoms with E-state index >= 15 is 0 Å². The summed E-state index contributed by atoms with van der Waals surface area (Å²) >= 11 is 3.42. The summed E-state index contributed by atoms with van der Waals surface area (Å²) in [6, 6.07) is 7.72. The third kappa shape index (κ3) is 2.92. The van der Waals surface area contributed by atoms with Crippen LogP contribution in [0.5, 0.6) is 0 Å². The van der Waals surface area contributed by atoms with Crippen LogP contribution in [-0.4, -0.2) is 9.97 Å². The molecule has 88 valence electrons. The minimum absolute atomic E-state index is 0.567. The van der Waals surface area contributed by atoms with E-state index in [0.29, 0.717) is 11.6 Å². The number of aryl methyl sites for hydroxylation is 1. The van der Waals surface area contributed by atoms with E-state index in [-0.39, 0.29) is 0 Å². The number of halogens is 1. The Morgan fingerprint density at radius 3 is 2.65 bits per heavy atom. The summed E-state index contributed by atoms with van der Waals surface area (Å²) in [5, 5.41) is 3.21. The van der Waals surface area contributed by atoms with Crippen molar-refractivity contribution in [3.05, 3.63) is 40.6 Å². The van der Waals surface area contributed by atoms with Crippen molar-refractivity contribution in [2.45, 2.75) is 6.92 Å². The normalized spacial score (nSPS) is 10.1. The van der Waals surface area contributed by atoms with Gasteiger partial charge in [0.05, 0.1) is 0 Å². The van der Waals surface area contributed by atoms with Gasteiger partial charge in [0.1, 0.15) is 18.0 Å². The van der Waals surface area contributed by atoms with E-state index < -0.39 is 0 Å². The van der Waals surface area contributed by atoms with Crippen LogP contribution in [0.4, 0.5) is 17.3 Å². The maximum Gasteiger partial charge on any atom is 0.145 e. The van der Waals surface area contributed by atoms with Crippen LogP contribution in [-0.2, 0) is 0 Å². The smallest absolute Gasteiger partial charge is 0.145 e. The summed E-state index contributed by atoms with van der Waals surface area (Å²) in [6.07, 6.45) is 1.45. The van der Waals surface area contributed by atoms with E-state index in [1.165, 1.54) is 6.33 Å². The molecule has 2 aromatic rings. The molecule has 0 saturated heterocycles. The third-order valence-electron chi connectivity index (χ3n) is 2.27. The molecule has 0 saturated carbocycles. The molecule has 0 radical (unpaired) electrons. The van der Waals surface area contributed by atoms with Gasteiger partial charge in [0, 0.05) is 16.2 Å². The number of nitrogens with zero attached hydrogens (tertiary/aromatic N) is 2. The number of nitrogens with one attached hydrogen (secondary N) is 2. The zero-order valence-corrected chi connectivity index (χ0v) is 10.8. The van der Waals surface area contributed by atoms with E-state index in [1.807, 2.05) is 25.1 Å². The van der Waals surface area contributed by atoms with Crippen molar-refractivity contribution in [2.24, 2.45) is 5.84 Å². The first-order valence-corrected chi connectivity index (χ1v) is 5.80. The van der Waals surface area contributed by atoms with Crippen LogP contribution in [0.3, 0.4) is 0 Å². The highest BCUT2D eigenvalue weighted by molar-refractivity contribution is 9.10. The highest BCUT2D eigenvalue weighted by Gasteiger charge is 2.01. The Bertz CT molecular complexity index is 529. The summed E-state index contributed by atoms with van der Waals surface area (Å²) < 4.78 is 1.05. The minimum atomic E-state index is 0.567. The molecule has 5 nitrogen and oxygen atoms in total. The Morgan fingerprint density at radius 1 is 1.18 bits per heavy atom. The molecule has 0 aliphatic rings. The predicted molar refractivity (Wildman–Crippen MR) is 72.0 cm³/mol. The maximum absolute atomic E-state index is 5.29. The Hall–Kier alpha value is -1.66. The van der Waals surface area contributed by atoms with Crippen molar-refractivity contribution in [1.29, 1.82) is 0 Å². The fourth-order valence-corrected chi connectivity index (χ4v) is 1.89. The molecule has 0 aliphatic heterocycles. The molecule has 4 N–H and O–H groups in total. The largest absolute Gasteiger partial charge is 0.340 e. The van der Waals surface area contributed by atoms with Crippen molar-refractivity contribution in [2.75, 3.05) is 10.7 Å². The molecule has 0 atom stereocenters. The lowest BCUT2D eigenvalue weighted by atomic mass is 10.2. The topological polar surface area (TPSA) is 75.9 Å². The lowest BCUT2D eigenvalue weighted by molar-refractivity contribution is 1.14. The minimum Gasteiger partial charge on any atom is -0.340 e. The van der Waals surface area contributed by atoms with E-state index in [9.17, 15) is 0 Å². The first kappa shape index (κ1) is 11.8. The van der Waals surface area contributed by atoms with Gasteiger partial charge in [-0.1, -0.05) is 15.9 Å². The van der Waals surface area contributed by atoms with Crippen LogP contribution in [0.2, 0.25) is 0 Å². The molecule has 0 unspecified atom stereocenters. The van der Waals surface area contributed by atoms with Gasteiger partial charge in [-0.25, -0.2) is 15.8 Å². The van der Waals surface area contributed by atoms with Crippen LogP contribution in [0.15, 0.2) is 35.1 Å². The van der Waals surface area contributed by atoms with Gasteiger partial charge >= 0.3 is 0 Å². The molecule has 1 aromatic carbocycles. The second kappa shape index (κ2) is 5.11. The average molecular weight is 294 g/mol. The summed E-state index contributed by atoms with van der Waals surface area (Å²) in [6.45, 7) is 2.02. The Kier molecular flexibility index (Phi) is 3.55. The fraction of sp³-hybridized carbons (Fsp3) is 0.0909. The van der Waals surface area contributed by atoms with E-state index in [1.54, 1.807) is 6.07 Å². The molecular weight excluding hydrogens is 282 g/mol. The van der Waals surface area contributed by atoms with Crippen molar-refractivity contribution in [3.8, 4) is 0 Å². The maximum atomic E-state index is 5.29. The summed E-state index contributed by atoms with van der Waals surface area (Å²) in [4.78, 5) is 8.06. The monoisotopic (exact) mass is 293 g/mol. The molecule has 17 heavy (non-hydrogen) atoms. The van der Waals surface area contributed by atoms with Crippen LogP contribution in [0.25, 0.3) is 0 Å². The zero-order chi connectivity index (χ0) is 12.3. The van der Waals surface area contributed by atoms with Gasteiger partial charge in [0.25, 0.3) is 0 Å². The molecule has 0 aliphatic carbocycles. The van der Waals surface area contributed by atoms with Crippen molar-refractivity contribution >= 4 is 33.3 Å². The number of rotatable bonds is 3. The van der Waals surface area contributed by atoms with Crippen molar-refractivity contribution in [1.82, 2.24) is 9.97 Å². The average Bonchev–Trinajstić information content (AvgIpc) is 2.33. The summed E-state index contributed by atoms with van der Waals surface area (Å²) in [5.74, 6) is 6.55. The Labute approximate surface area is 108 Å². The SMILES string of the molecule is Cc1cc(Br)ccc1Nc1cc(NN)ncn1. The number of nitrogen functional groups attached to an aromatic ring is 1.